The summed E-state index contributed by atoms with van der Waals surface area (Å²) in [5.41, 5.74) is -0.0640. The largest absolute Gasteiger partial charge is 0.333 e. The van der Waals surface area contributed by atoms with Gasteiger partial charge in [-0.1, -0.05) is 18.2 Å². The number of rotatable bonds is 3. The van der Waals surface area contributed by atoms with Crippen molar-refractivity contribution in [3.05, 3.63) is 58.8 Å². The summed E-state index contributed by atoms with van der Waals surface area (Å²) >= 11 is 0. The number of aromatic nitrogens is 3. The summed E-state index contributed by atoms with van der Waals surface area (Å²) in [6.07, 6.45) is 2.13. The molecule has 1 aromatic carbocycles. The molecule has 3 rings (SSSR count). The molecule has 0 spiro atoms. The second-order valence-electron chi connectivity index (χ2n) is 4.92. The van der Waals surface area contributed by atoms with Crippen LogP contribution >= 0.6 is 0 Å². The van der Waals surface area contributed by atoms with Crippen molar-refractivity contribution >= 4 is 22.4 Å². The van der Waals surface area contributed by atoms with Crippen LogP contribution < -0.4 is 10.9 Å². The van der Waals surface area contributed by atoms with E-state index in [4.69, 9.17) is 0 Å². The molecule has 1 N–H and O–H groups in total. The van der Waals surface area contributed by atoms with Crippen LogP contribution in [-0.4, -0.2) is 20.3 Å². The van der Waals surface area contributed by atoms with Crippen LogP contribution in [0.5, 0.6) is 0 Å². The first-order valence-electron chi connectivity index (χ1n) is 6.70. The number of carbonyl (C=O) groups excluding carboxylic acids is 1. The SMILES string of the molecule is Cn1c(C(=O)Nc2cnn(C(F)F)c2)cc2ccccc2c1=O. The quantitative estimate of drug-likeness (QED) is 0.806. The summed E-state index contributed by atoms with van der Waals surface area (Å²) < 4.78 is 26.6. The van der Waals surface area contributed by atoms with Gasteiger partial charge in [0.1, 0.15) is 5.69 Å². The van der Waals surface area contributed by atoms with Gasteiger partial charge < -0.3 is 9.88 Å². The van der Waals surface area contributed by atoms with Gasteiger partial charge in [-0.25, -0.2) is 4.68 Å². The number of hydrogen-bond acceptors (Lipinski definition) is 3. The first-order valence-corrected chi connectivity index (χ1v) is 6.70. The number of hydrogen-bond donors (Lipinski definition) is 1. The number of halogens is 2. The Morgan fingerprint density at radius 1 is 1.30 bits per heavy atom. The molecule has 1 amide bonds. The number of anilines is 1. The van der Waals surface area contributed by atoms with Gasteiger partial charge in [0.2, 0.25) is 0 Å². The fourth-order valence-corrected chi connectivity index (χ4v) is 2.27. The summed E-state index contributed by atoms with van der Waals surface area (Å²) in [5.74, 6) is -0.579. The van der Waals surface area contributed by atoms with E-state index in [2.05, 4.69) is 10.4 Å². The Labute approximate surface area is 129 Å². The minimum atomic E-state index is -2.79. The van der Waals surface area contributed by atoms with Gasteiger partial charge in [-0.05, 0) is 17.5 Å². The van der Waals surface area contributed by atoms with Crippen molar-refractivity contribution in [1.82, 2.24) is 14.3 Å². The first kappa shape index (κ1) is 14.9. The molecule has 0 radical (unpaired) electrons. The van der Waals surface area contributed by atoms with Crippen molar-refractivity contribution in [3.8, 4) is 0 Å². The summed E-state index contributed by atoms with van der Waals surface area (Å²) in [5, 5.41) is 7.01. The fraction of sp³-hybridized carbons (Fsp3) is 0.133. The highest BCUT2D eigenvalue weighted by atomic mass is 19.3. The zero-order valence-electron chi connectivity index (χ0n) is 12.0. The Morgan fingerprint density at radius 3 is 2.74 bits per heavy atom. The van der Waals surface area contributed by atoms with Crippen LogP contribution in [0.1, 0.15) is 17.0 Å². The summed E-state index contributed by atoms with van der Waals surface area (Å²) in [4.78, 5) is 24.6. The highest BCUT2D eigenvalue weighted by molar-refractivity contribution is 6.04. The molecule has 2 heterocycles. The number of nitrogens with one attached hydrogen (secondary N) is 1. The second kappa shape index (κ2) is 5.64. The van der Waals surface area contributed by atoms with Crippen LogP contribution in [0.2, 0.25) is 0 Å². The zero-order chi connectivity index (χ0) is 16.6. The van der Waals surface area contributed by atoms with Crippen LogP contribution in [0.25, 0.3) is 10.8 Å². The summed E-state index contributed by atoms with van der Waals surface area (Å²) in [6, 6.07) is 8.47. The van der Waals surface area contributed by atoms with Gasteiger partial charge >= 0.3 is 6.55 Å². The normalized spacial score (nSPS) is 11.1. The molecule has 0 atom stereocenters. The van der Waals surface area contributed by atoms with E-state index in [-0.39, 0.29) is 16.9 Å². The van der Waals surface area contributed by atoms with Crippen molar-refractivity contribution in [2.45, 2.75) is 6.55 Å². The second-order valence-corrected chi connectivity index (χ2v) is 4.92. The van der Waals surface area contributed by atoms with Crippen molar-refractivity contribution in [3.63, 3.8) is 0 Å². The Hall–Kier alpha value is -3.03. The zero-order valence-corrected chi connectivity index (χ0v) is 12.0. The minimum absolute atomic E-state index is 0.121. The number of amides is 1. The molecule has 0 fully saturated rings. The van der Waals surface area contributed by atoms with E-state index in [9.17, 15) is 18.4 Å². The molecule has 0 aliphatic carbocycles. The molecule has 2 aromatic heterocycles. The van der Waals surface area contributed by atoms with Crippen LogP contribution in [-0.2, 0) is 7.05 Å². The van der Waals surface area contributed by atoms with E-state index in [1.54, 1.807) is 30.3 Å². The molecular formula is C15H12F2N4O2. The Balaban J connectivity index is 1.97. The molecule has 0 bridgehead atoms. The summed E-state index contributed by atoms with van der Waals surface area (Å²) in [7, 11) is 1.48. The fourth-order valence-electron chi connectivity index (χ4n) is 2.27. The van der Waals surface area contributed by atoms with E-state index in [0.717, 1.165) is 12.4 Å². The van der Waals surface area contributed by atoms with E-state index in [1.165, 1.54) is 11.6 Å². The van der Waals surface area contributed by atoms with Gasteiger partial charge in [-0.3, -0.25) is 9.59 Å². The van der Waals surface area contributed by atoms with Crippen molar-refractivity contribution in [2.24, 2.45) is 7.05 Å². The maximum atomic E-state index is 12.5. The van der Waals surface area contributed by atoms with Gasteiger partial charge in [0.25, 0.3) is 11.5 Å². The monoisotopic (exact) mass is 318 g/mol. The lowest BCUT2D eigenvalue weighted by atomic mass is 10.1. The maximum Gasteiger partial charge on any atom is 0.333 e. The highest BCUT2D eigenvalue weighted by Crippen LogP contribution is 2.15. The van der Waals surface area contributed by atoms with Crippen molar-refractivity contribution < 1.29 is 13.6 Å². The predicted octanol–water partition coefficient (Wildman–Crippen LogP) is 2.38. The lowest BCUT2D eigenvalue weighted by Crippen LogP contribution is -2.26. The number of nitrogens with zero attached hydrogens (tertiary/aromatic N) is 3. The molecule has 0 aliphatic heterocycles. The van der Waals surface area contributed by atoms with Crippen LogP contribution in [0.3, 0.4) is 0 Å². The number of fused-ring (bicyclic) bond motifs is 1. The molecule has 118 valence electrons. The topological polar surface area (TPSA) is 68.9 Å². The van der Waals surface area contributed by atoms with E-state index < -0.39 is 12.5 Å². The average Bonchev–Trinajstić information content (AvgIpc) is 2.99. The van der Waals surface area contributed by atoms with Gasteiger partial charge in [-0.2, -0.15) is 13.9 Å². The number of benzene rings is 1. The number of pyridine rings is 1. The third kappa shape index (κ3) is 2.70. The lowest BCUT2D eigenvalue weighted by Gasteiger charge is -2.09. The maximum absolute atomic E-state index is 12.5. The third-order valence-electron chi connectivity index (χ3n) is 3.44. The van der Waals surface area contributed by atoms with Crippen LogP contribution in [0, 0.1) is 0 Å². The molecule has 8 heteroatoms. The molecule has 0 saturated heterocycles. The van der Waals surface area contributed by atoms with Gasteiger partial charge in [0.15, 0.2) is 0 Å². The molecule has 0 saturated carbocycles. The van der Waals surface area contributed by atoms with E-state index >= 15 is 0 Å². The molecule has 6 nitrogen and oxygen atoms in total. The Kier molecular flexibility index (Phi) is 3.65. The van der Waals surface area contributed by atoms with Crippen LogP contribution in [0.15, 0.2) is 47.5 Å². The molecule has 0 unspecified atom stereocenters. The Morgan fingerprint density at radius 2 is 2.04 bits per heavy atom. The summed E-state index contributed by atoms with van der Waals surface area (Å²) in [6.45, 7) is -2.79. The molecule has 23 heavy (non-hydrogen) atoms. The van der Waals surface area contributed by atoms with Gasteiger partial charge in [0.05, 0.1) is 18.1 Å². The van der Waals surface area contributed by atoms with E-state index in [1.807, 2.05) is 0 Å². The number of alkyl halides is 2. The third-order valence-corrected chi connectivity index (χ3v) is 3.44. The predicted molar refractivity (Wildman–Crippen MR) is 80.6 cm³/mol. The van der Waals surface area contributed by atoms with Crippen LogP contribution in [0.4, 0.5) is 14.5 Å². The number of carbonyl (C=O) groups is 1. The highest BCUT2D eigenvalue weighted by Gasteiger charge is 2.15. The molecule has 3 aromatic rings. The van der Waals surface area contributed by atoms with Gasteiger partial charge in [0, 0.05) is 12.4 Å². The molecular weight excluding hydrogens is 306 g/mol. The lowest BCUT2D eigenvalue weighted by molar-refractivity contribution is 0.0566. The standard InChI is InChI=1S/C15H12F2N4O2/c1-20-12(6-9-4-2-3-5-11(9)14(20)23)13(22)19-10-7-18-21(8-10)15(16)17/h2-8,15H,1H3,(H,19,22). The Bertz CT molecular complexity index is 946. The minimum Gasteiger partial charge on any atom is -0.318 e. The van der Waals surface area contributed by atoms with Gasteiger partial charge in [-0.15, -0.1) is 0 Å². The average molecular weight is 318 g/mol. The van der Waals surface area contributed by atoms with E-state index in [0.29, 0.717) is 15.5 Å². The van der Waals surface area contributed by atoms with Crippen molar-refractivity contribution in [1.29, 1.82) is 0 Å². The molecule has 0 aliphatic rings. The smallest absolute Gasteiger partial charge is 0.318 e. The first-order chi connectivity index (χ1) is 11.0. The van der Waals surface area contributed by atoms with Crippen molar-refractivity contribution in [2.75, 3.05) is 5.32 Å².